The van der Waals surface area contributed by atoms with Gasteiger partial charge in [0.2, 0.25) is 0 Å². The van der Waals surface area contributed by atoms with Crippen molar-refractivity contribution in [2.45, 2.75) is 32.8 Å². The van der Waals surface area contributed by atoms with Crippen LogP contribution in [0.25, 0.3) is 0 Å². The Balaban J connectivity index is 0. The maximum absolute atomic E-state index is 9.54. The van der Waals surface area contributed by atoms with Crippen molar-refractivity contribution in [1.29, 1.82) is 0 Å². The Morgan fingerprint density at radius 3 is 1.84 bits per heavy atom. The van der Waals surface area contributed by atoms with Gasteiger partial charge >= 0.3 is 49.4 Å². The second kappa shape index (κ2) is 12.7. The molecule has 0 spiro atoms. The van der Waals surface area contributed by atoms with Crippen molar-refractivity contribution in [2.24, 2.45) is 11.8 Å². The molecule has 3 nitrogen and oxygen atoms in total. The Hall–Kier alpha value is 2.21. The molecule has 19 heavy (non-hydrogen) atoms. The fourth-order valence-corrected chi connectivity index (χ4v) is 3.15. The summed E-state index contributed by atoms with van der Waals surface area (Å²) in [4.78, 5) is 0. The zero-order valence-electron chi connectivity index (χ0n) is 11.9. The summed E-state index contributed by atoms with van der Waals surface area (Å²) in [5, 5.41) is 18.4. The number of aliphatic hydroxyl groups is 2. The van der Waals surface area contributed by atoms with Crippen molar-refractivity contribution in [2.75, 3.05) is 33.3 Å². The van der Waals surface area contributed by atoms with Gasteiger partial charge in [0, 0.05) is 11.8 Å². The summed E-state index contributed by atoms with van der Waals surface area (Å²) < 4.78 is 0.929. The molecule has 0 saturated carbocycles. The normalized spacial score (nSPS) is 30.9. The summed E-state index contributed by atoms with van der Waals surface area (Å²) in [5.41, 5.74) is 0. The Morgan fingerprint density at radius 1 is 1.21 bits per heavy atom. The van der Waals surface area contributed by atoms with E-state index in [0.29, 0.717) is 16.0 Å². The van der Waals surface area contributed by atoms with Crippen LogP contribution in [0, 0.1) is 11.8 Å². The van der Waals surface area contributed by atoms with Gasteiger partial charge < -0.3 is 27.1 Å². The molecule has 1 aliphatic rings. The molecule has 0 amide bonds. The molecule has 1 rings (SSSR count). The third-order valence-electron chi connectivity index (χ3n) is 3.93. The summed E-state index contributed by atoms with van der Waals surface area (Å²) in [5.74, 6) is 1.59. The van der Waals surface area contributed by atoms with Crippen LogP contribution in [0.1, 0.15) is 26.7 Å². The minimum absolute atomic E-state index is 0. The van der Waals surface area contributed by atoms with Gasteiger partial charge in [0.25, 0.3) is 0 Å². The minimum atomic E-state index is -0.553. The number of nitrogens with zero attached hydrogens (tertiary/aromatic N) is 1. The van der Waals surface area contributed by atoms with E-state index in [1.807, 2.05) is 0 Å². The van der Waals surface area contributed by atoms with E-state index in [1.165, 1.54) is 12.8 Å². The molecule has 0 aromatic heterocycles. The number of halogens is 3. The van der Waals surface area contributed by atoms with Crippen LogP contribution >= 0.6 is 40.0 Å². The molecule has 117 valence electrons. The van der Waals surface area contributed by atoms with Crippen LogP contribution in [-0.2, 0) is 9.47 Å². The van der Waals surface area contributed by atoms with E-state index in [1.54, 1.807) is 0 Å². The summed E-state index contributed by atoms with van der Waals surface area (Å²) in [6.07, 6.45) is 1.92. The van der Waals surface area contributed by atoms with Crippen LogP contribution in [0.15, 0.2) is 0 Å². The molecule has 0 aromatic rings. The van der Waals surface area contributed by atoms with E-state index < -0.39 is 6.10 Å². The van der Waals surface area contributed by atoms with Gasteiger partial charge in [0.1, 0.15) is 12.6 Å². The van der Waals surface area contributed by atoms with Crippen molar-refractivity contribution in [3.8, 4) is 0 Å². The van der Waals surface area contributed by atoms with Crippen LogP contribution in [-0.4, -0.2) is 54.1 Å². The van der Waals surface area contributed by atoms with Gasteiger partial charge in [0.15, 0.2) is 0 Å². The number of quaternary nitrogens is 1. The third-order valence-corrected chi connectivity index (χ3v) is 3.93. The third kappa shape index (κ3) is 9.06. The predicted molar refractivity (Wildman–Crippen MR) is 89.5 cm³/mol. The van der Waals surface area contributed by atoms with E-state index in [-0.39, 0.29) is 19.0 Å². The van der Waals surface area contributed by atoms with E-state index in [2.05, 4.69) is 60.9 Å². The summed E-state index contributed by atoms with van der Waals surface area (Å²) >= 11 is 4.74. The standard InChI is InChI=1S/C12H26NO2.ClH.2HI.V/c1-4-10-6-13(3,7-11(10)5-2)8-12(15)9-14;;;;/h10-12,14-15H,4-9H2,1-3H3;3*1H;/q+1;;;;+2/p-3. The fourth-order valence-electron chi connectivity index (χ4n) is 3.15. The van der Waals surface area contributed by atoms with E-state index in [4.69, 9.17) is 5.11 Å². The topological polar surface area (TPSA) is 40.5 Å². The quantitative estimate of drug-likeness (QED) is 0.359. The second-order valence-corrected chi connectivity index (χ2v) is 17.2. The molecular weight excluding hydrogens is 530 g/mol. The Bertz CT molecular complexity index is 216. The molecule has 1 fully saturated rings. The average molecular weight is 557 g/mol. The Morgan fingerprint density at radius 2 is 1.58 bits per heavy atom. The molecule has 3 atom stereocenters. The molecule has 1 heterocycles. The number of likely N-dealkylation sites (tertiary alicyclic amines) is 1. The van der Waals surface area contributed by atoms with Crippen LogP contribution < -0.4 is 12.4 Å². The molecule has 3 unspecified atom stereocenters. The Kier molecular flexibility index (Phi) is 15.7. The first-order valence-electron chi connectivity index (χ1n) is 6.51. The molecule has 0 radical (unpaired) electrons. The molecular formula is C12H26ClI2NO2V. The number of aliphatic hydroxyl groups excluding tert-OH is 2. The molecule has 1 aliphatic heterocycles. The zero-order valence-corrected chi connectivity index (χ0v) is 18.4. The van der Waals surface area contributed by atoms with Gasteiger partial charge in [-0.1, -0.05) is 13.8 Å². The summed E-state index contributed by atoms with van der Waals surface area (Å²) in [6.45, 7) is 7.42. The summed E-state index contributed by atoms with van der Waals surface area (Å²) in [6, 6.07) is 0. The molecule has 7 heteroatoms. The van der Waals surface area contributed by atoms with Gasteiger partial charge in [-0.3, -0.25) is 0 Å². The van der Waals surface area contributed by atoms with Gasteiger partial charge in [-0.15, -0.1) is 0 Å². The fraction of sp³-hybridized carbons (Fsp3) is 1.00. The van der Waals surface area contributed by atoms with Crippen molar-refractivity contribution in [3.63, 3.8) is 0 Å². The number of hydrogen-bond acceptors (Lipinski definition) is 2. The first kappa shape index (κ1) is 23.5. The monoisotopic (exact) mass is 556 g/mol. The van der Waals surface area contributed by atoms with Crippen molar-refractivity contribution >= 4 is 40.0 Å². The van der Waals surface area contributed by atoms with Crippen molar-refractivity contribution in [1.82, 2.24) is 0 Å². The van der Waals surface area contributed by atoms with Gasteiger partial charge in [-0.25, -0.2) is 0 Å². The number of rotatable bonds is 5. The molecule has 1 saturated heterocycles. The molecule has 0 bridgehead atoms. The van der Waals surface area contributed by atoms with Gasteiger partial charge in [0.05, 0.1) is 26.7 Å². The van der Waals surface area contributed by atoms with Crippen molar-refractivity contribution in [3.05, 3.63) is 0 Å². The average Bonchev–Trinajstić information content (AvgIpc) is 2.66. The van der Waals surface area contributed by atoms with E-state index >= 15 is 0 Å². The predicted octanol–water partition coefficient (Wildman–Crippen LogP) is -0.375. The first-order valence-corrected chi connectivity index (χ1v) is 15.5. The van der Waals surface area contributed by atoms with Crippen LogP contribution in [0.5, 0.6) is 0 Å². The van der Waals surface area contributed by atoms with Gasteiger partial charge in [-0.05, 0) is 12.8 Å². The first-order chi connectivity index (χ1) is 8.46. The molecule has 0 aliphatic carbocycles. The van der Waals surface area contributed by atoms with E-state index in [9.17, 15) is 5.11 Å². The SMILES string of the molecule is CCC1C[N+](C)(CC(O)CO)CC1CC.[Cl-].[I][V][I]. The van der Waals surface area contributed by atoms with Gasteiger partial charge in [-0.2, -0.15) is 0 Å². The van der Waals surface area contributed by atoms with Crippen LogP contribution in [0.2, 0.25) is 0 Å². The van der Waals surface area contributed by atoms with E-state index in [0.717, 1.165) is 29.4 Å². The van der Waals surface area contributed by atoms with Crippen LogP contribution in [0.3, 0.4) is 0 Å². The molecule has 0 aromatic carbocycles. The maximum atomic E-state index is 9.54. The number of likely N-dealkylation sites (N-methyl/N-ethyl adjacent to an activating group) is 1. The molecule has 2 N–H and O–H groups in total. The zero-order chi connectivity index (χ0) is 14.2. The Labute approximate surface area is 153 Å². The van der Waals surface area contributed by atoms with Crippen LogP contribution in [0.4, 0.5) is 0 Å². The second-order valence-electron chi connectivity index (χ2n) is 5.40. The van der Waals surface area contributed by atoms with Crippen molar-refractivity contribution < 1.29 is 36.6 Å². The summed E-state index contributed by atoms with van der Waals surface area (Å²) in [7, 11) is 2.83. The number of hydrogen-bond donors (Lipinski definition) is 2.